The number of nitrogens with one attached hydrogen (secondary N) is 1. The lowest BCUT2D eigenvalue weighted by Gasteiger charge is -2.13. The Morgan fingerprint density at radius 2 is 1.17 bits per heavy atom. The molecule has 0 aliphatic heterocycles. The highest BCUT2D eigenvalue weighted by Crippen LogP contribution is 2.33. The van der Waals surface area contributed by atoms with Gasteiger partial charge in [0.15, 0.2) is 17.1 Å². The number of aromatic nitrogens is 5. The van der Waals surface area contributed by atoms with E-state index in [1.54, 1.807) is 45.9 Å². The first-order chi connectivity index (χ1) is 32.4. The molecule has 0 bridgehead atoms. The maximum absolute atomic E-state index is 13.2. The number of benzene rings is 2. The summed E-state index contributed by atoms with van der Waals surface area (Å²) in [5, 5.41) is 27.5. The van der Waals surface area contributed by atoms with Crippen LogP contribution in [0.4, 0.5) is 0 Å². The monoisotopic (exact) mass is 888 g/mol. The van der Waals surface area contributed by atoms with Crippen molar-refractivity contribution >= 4 is 16.7 Å². The van der Waals surface area contributed by atoms with Crippen LogP contribution in [0.2, 0.25) is 0 Å². The molecule has 3 aromatic heterocycles. The molecule has 5 aromatic rings. The Bertz CT molecular complexity index is 3310. The van der Waals surface area contributed by atoms with Crippen LogP contribution in [-0.4, -0.2) is 61.3 Å². The highest BCUT2D eigenvalue weighted by atomic mass is 17.4. The second-order valence-corrected chi connectivity index (χ2v) is 11.1. The third kappa shape index (κ3) is 16.6. The van der Waals surface area contributed by atoms with Crippen molar-refractivity contribution < 1.29 is 44.7 Å². The van der Waals surface area contributed by atoms with E-state index in [1.807, 2.05) is 48.5 Å². The first-order valence-electron chi connectivity index (χ1n) is 18.0. The predicted molar refractivity (Wildman–Crippen MR) is 254 cm³/mol. The second-order valence-electron chi connectivity index (χ2n) is 11.1. The van der Waals surface area contributed by atoms with E-state index in [4.69, 9.17) is 30.3 Å². The molecule has 0 saturated carbocycles. The lowest BCUT2D eigenvalue weighted by Crippen LogP contribution is -2.28. The zero-order valence-corrected chi connectivity index (χ0v) is 35.3. The molecule has 0 aliphatic rings. The van der Waals surface area contributed by atoms with Crippen LogP contribution >= 0.6 is 0 Å². The Hall–Kier alpha value is -10.4. The molecule has 0 spiro atoms. The van der Waals surface area contributed by atoms with Gasteiger partial charge in [-0.1, -0.05) is 40.0 Å². The van der Waals surface area contributed by atoms with E-state index in [0.29, 0.717) is 34.7 Å². The lowest BCUT2D eigenvalue weighted by molar-refractivity contribution is -0.587. The highest BCUT2D eigenvalue weighted by Gasteiger charge is 2.16. The number of methoxy groups -OCH3 is 3. The number of pyridine rings is 1. The topological polar surface area (TPSA) is 216 Å². The van der Waals surface area contributed by atoms with E-state index in [1.165, 1.54) is 10.8 Å². The summed E-state index contributed by atoms with van der Waals surface area (Å²) in [6.45, 7) is 3.73. The molecule has 66 heavy (non-hydrogen) atoms. The molecule has 0 aliphatic carbocycles. The lowest BCUT2D eigenvalue weighted by atomic mass is 10.1. The van der Waals surface area contributed by atoms with Gasteiger partial charge in [0.1, 0.15) is 17.7 Å². The highest BCUT2D eigenvalue weighted by molar-refractivity contribution is 5.92. The predicted octanol–water partition coefficient (Wildman–Crippen LogP) is 6.38. The van der Waals surface area contributed by atoms with Crippen molar-refractivity contribution in [1.29, 1.82) is 5.53 Å². The van der Waals surface area contributed by atoms with Gasteiger partial charge in [0.2, 0.25) is 0 Å². The van der Waals surface area contributed by atoms with Crippen LogP contribution in [0.1, 0.15) is 29.4 Å². The largest absolute Gasteiger partial charge is 0.497 e. The minimum Gasteiger partial charge on any atom is -0.497 e. The summed E-state index contributed by atoms with van der Waals surface area (Å²) in [5.74, 6) is 57.6. The van der Waals surface area contributed by atoms with Crippen LogP contribution in [0.15, 0.2) is 81.5 Å². The van der Waals surface area contributed by atoms with Gasteiger partial charge in [0, 0.05) is 50.7 Å². The molecule has 0 unspecified atom stereocenters. The average molecular weight is 889 g/mol. The first kappa shape index (κ1) is 50.0. The van der Waals surface area contributed by atoms with Crippen molar-refractivity contribution in [1.82, 2.24) is 29.5 Å². The minimum absolute atomic E-state index is 0. The molecule has 0 saturated heterocycles. The molecule has 0 fully saturated rings. The van der Waals surface area contributed by atoms with Gasteiger partial charge in [0.25, 0.3) is 0 Å². The second kappa shape index (κ2) is 29.8. The van der Waals surface area contributed by atoms with E-state index in [2.05, 4.69) is 171 Å². The third-order valence-corrected chi connectivity index (χ3v) is 7.27. The van der Waals surface area contributed by atoms with Crippen LogP contribution in [0, 0.1) is 136 Å². The summed E-state index contributed by atoms with van der Waals surface area (Å²) < 4.78 is 18.9. The van der Waals surface area contributed by atoms with E-state index in [0.717, 1.165) is 22.4 Å². The minimum atomic E-state index is -0.308. The maximum Gasteiger partial charge on any atom is 0.352 e. The van der Waals surface area contributed by atoms with Gasteiger partial charge in [-0.05, 0) is 160 Å². The van der Waals surface area contributed by atoms with Gasteiger partial charge in [0.05, 0.1) is 38.6 Å². The maximum atomic E-state index is 13.2. The van der Waals surface area contributed by atoms with Gasteiger partial charge < -0.3 is 14.2 Å². The molecule has 0 amide bonds. The molecule has 0 radical (unpaired) electrons. The van der Waals surface area contributed by atoms with Crippen LogP contribution in [0.25, 0.3) is 27.8 Å². The fourth-order valence-corrected chi connectivity index (χ4v) is 4.62. The van der Waals surface area contributed by atoms with Crippen molar-refractivity contribution in [2.75, 3.05) is 21.3 Å². The van der Waals surface area contributed by atoms with Crippen molar-refractivity contribution in [3.05, 3.63) is 77.1 Å². The number of nitrogens with zero attached hydrogens (tertiary/aromatic N) is 9. The van der Waals surface area contributed by atoms with Crippen molar-refractivity contribution in [2.24, 2.45) is 15.7 Å². The summed E-state index contributed by atoms with van der Waals surface area (Å²) in [7, 11) is 4.81. The van der Waals surface area contributed by atoms with E-state index >= 15 is 0 Å². The molecule has 334 valence electrons. The van der Waals surface area contributed by atoms with Crippen LogP contribution in [0.3, 0.4) is 0 Å². The van der Waals surface area contributed by atoms with Crippen LogP contribution in [0.5, 0.6) is 17.2 Å². The number of rotatable bonds is 10. The smallest absolute Gasteiger partial charge is 0.352 e. The van der Waals surface area contributed by atoms with Crippen LogP contribution < -0.4 is 19.9 Å². The molecule has 3 heterocycles. The molecule has 18 heteroatoms. The Kier molecular flexibility index (Phi) is 22.5. The summed E-state index contributed by atoms with van der Waals surface area (Å²) in [6.07, 6.45) is 3.11. The van der Waals surface area contributed by atoms with E-state index in [-0.39, 0.29) is 21.0 Å². The zero-order valence-electron chi connectivity index (χ0n) is 35.3. The van der Waals surface area contributed by atoms with E-state index < -0.39 is 0 Å². The van der Waals surface area contributed by atoms with Gasteiger partial charge >= 0.3 is 5.69 Å². The van der Waals surface area contributed by atoms with Crippen LogP contribution in [-0.2, 0) is 16.5 Å². The normalized spacial score (nSPS) is 8.35. The third-order valence-electron chi connectivity index (χ3n) is 7.27. The Labute approximate surface area is 388 Å². The molecular formula is C48H44N10O8. The number of fused-ring (bicyclic) bond motifs is 3. The van der Waals surface area contributed by atoms with Crippen molar-refractivity contribution in [3.63, 3.8) is 0 Å². The Morgan fingerprint density at radius 3 is 1.62 bits per heavy atom. The SMILES string of the molecule is CC#CC#CC#CC#CC#CC#CC#CC#CC#CC#CC#CC.COc1ccc(Cn2c(=O)n3ncnc3c3cc(-c4ccc(OC)c(OC)c4)cnc32)cc1.N=N/N=N/N(OO)OO.[HH].[HH].[HH].[HH].[HH].[HH].[HH]. The van der Waals surface area contributed by atoms with Gasteiger partial charge in [-0.25, -0.2) is 25.3 Å². The van der Waals surface area contributed by atoms with Gasteiger partial charge in [-0.3, -0.25) is 4.57 Å². The quantitative estimate of drug-likeness (QED) is 0.0603. The van der Waals surface area contributed by atoms with Crippen molar-refractivity contribution in [3.8, 4) is 159 Å². The molecule has 18 nitrogen and oxygen atoms in total. The fraction of sp³-hybridized carbons (Fsp3) is 0.125. The summed E-state index contributed by atoms with van der Waals surface area (Å²) in [6, 6.07) is 15.2. The molecule has 5 rings (SSSR count). The summed E-state index contributed by atoms with van der Waals surface area (Å²) in [4.78, 5) is 28.5. The van der Waals surface area contributed by atoms with Gasteiger partial charge in [-0.2, -0.15) is 15.1 Å². The zero-order chi connectivity index (χ0) is 47.6. The molecule has 0 atom stereocenters. The average Bonchev–Trinajstić information content (AvgIpc) is 3.86. The standard InChI is InChI=1S/C24H21N5O4.C24H6.H3N5O4.7H2/c1-31-18-7-4-15(5-8-18)13-28-22-19(23-26-14-27-29(23)24(28)30)10-17(12-25-22)16-6-9-20(32-2)21(11-16)33-3;1-3-5-7-9-11-13-15-17-19-21-23-24-22-20-18-16-14-12-10-8-6-4-2;1-2-3-4-5(8-6)9-7;;;;;;;/h4-12,14H,13H2,1-3H3;1-2H3;1,6-7H;7*1H/b;;2-1?,4-3+;;;;;;;. The Morgan fingerprint density at radius 1 is 0.652 bits per heavy atom. The number of ether oxygens (including phenoxy) is 3. The molecule has 2 aromatic carbocycles. The Balaban J connectivity index is -0.000000344. The summed E-state index contributed by atoms with van der Waals surface area (Å²) >= 11 is 0. The number of hydrogen-bond acceptors (Lipinski definition) is 13. The summed E-state index contributed by atoms with van der Waals surface area (Å²) in [5.41, 5.74) is 9.36. The van der Waals surface area contributed by atoms with E-state index in [9.17, 15) is 4.79 Å². The van der Waals surface area contributed by atoms with Crippen molar-refractivity contribution in [2.45, 2.75) is 20.4 Å². The number of hydrogen-bond donors (Lipinski definition) is 3. The molecular weight excluding hydrogens is 845 g/mol. The molecule has 3 N–H and O–H groups in total. The first-order valence-corrected chi connectivity index (χ1v) is 18.0. The van der Waals surface area contributed by atoms with Gasteiger partial charge in [-0.15, -0.1) is 0 Å². The fourth-order valence-electron chi connectivity index (χ4n) is 4.62.